The number of aliphatic imine (C=N–C) groups is 1. The normalized spacial score (nSPS) is 12.8. The van der Waals surface area contributed by atoms with Gasteiger partial charge in [0.1, 0.15) is 0 Å². The number of primary sulfonamides is 1. The van der Waals surface area contributed by atoms with Gasteiger partial charge in [-0.15, -0.1) is 24.0 Å². The summed E-state index contributed by atoms with van der Waals surface area (Å²) in [5.74, 6) is 0.793. The highest BCUT2D eigenvalue weighted by atomic mass is 127. The number of hydrogen-bond donors (Lipinski definition) is 3. The van der Waals surface area contributed by atoms with Gasteiger partial charge in [0, 0.05) is 32.2 Å². The monoisotopic (exact) mass is 573 g/mol. The molecule has 4 N–H and O–H groups in total. The van der Waals surface area contributed by atoms with Gasteiger partial charge in [0.25, 0.3) is 0 Å². The Morgan fingerprint density at radius 2 is 1.72 bits per heavy atom. The van der Waals surface area contributed by atoms with Gasteiger partial charge < -0.3 is 10.6 Å². The van der Waals surface area contributed by atoms with Gasteiger partial charge in [-0.3, -0.25) is 9.89 Å². The predicted octanol–water partition coefficient (Wildman–Crippen LogP) is 2.96. The predicted molar refractivity (Wildman–Crippen MR) is 143 cm³/mol. The molecule has 2 aromatic carbocycles. The third-order valence-electron chi connectivity index (χ3n) is 5.15. The summed E-state index contributed by atoms with van der Waals surface area (Å²) >= 11 is 0. The molecule has 0 saturated heterocycles. The van der Waals surface area contributed by atoms with E-state index in [-0.39, 0.29) is 28.9 Å². The molecule has 1 atom stereocenters. The lowest BCUT2D eigenvalue weighted by molar-refractivity contribution is 0.240. The molecule has 0 aliphatic rings. The molecule has 178 valence electrons. The number of halogens is 1. The van der Waals surface area contributed by atoms with Gasteiger partial charge >= 0.3 is 0 Å². The van der Waals surface area contributed by atoms with Crippen molar-refractivity contribution in [2.24, 2.45) is 10.1 Å². The van der Waals surface area contributed by atoms with Crippen molar-refractivity contribution in [3.8, 4) is 0 Å². The number of benzene rings is 2. The number of nitrogens with two attached hydrogens (primary N) is 1. The van der Waals surface area contributed by atoms with Gasteiger partial charge in [0.15, 0.2) is 5.96 Å². The minimum atomic E-state index is -3.65. The smallest absolute Gasteiger partial charge is 0.238 e. The molecule has 1 unspecified atom stereocenters. The first-order valence-corrected chi connectivity index (χ1v) is 12.2. The van der Waals surface area contributed by atoms with Gasteiger partial charge in [-0.2, -0.15) is 0 Å². The molecule has 0 aromatic heterocycles. The maximum absolute atomic E-state index is 11.3. The van der Waals surface area contributed by atoms with E-state index in [0.29, 0.717) is 12.6 Å². The van der Waals surface area contributed by atoms with E-state index in [1.165, 1.54) is 17.7 Å². The van der Waals surface area contributed by atoms with Crippen molar-refractivity contribution in [1.82, 2.24) is 15.5 Å². The van der Waals surface area contributed by atoms with Crippen LogP contribution in [0.3, 0.4) is 0 Å². The molecule has 32 heavy (non-hydrogen) atoms. The molecule has 0 spiro atoms. The van der Waals surface area contributed by atoms with Crippen LogP contribution in [0.5, 0.6) is 0 Å². The quantitative estimate of drug-likeness (QED) is 0.218. The van der Waals surface area contributed by atoms with E-state index in [2.05, 4.69) is 53.8 Å². The van der Waals surface area contributed by atoms with Crippen LogP contribution >= 0.6 is 24.0 Å². The van der Waals surface area contributed by atoms with Gasteiger partial charge in [0.05, 0.1) is 4.90 Å². The van der Waals surface area contributed by atoms with Crippen LogP contribution in [0.25, 0.3) is 0 Å². The average Bonchev–Trinajstić information content (AvgIpc) is 2.74. The maximum atomic E-state index is 11.3. The third kappa shape index (κ3) is 10.3. The van der Waals surface area contributed by atoms with Gasteiger partial charge in [-0.05, 0) is 57.0 Å². The van der Waals surface area contributed by atoms with Crippen molar-refractivity contribution in [3.63, 3.8) is 0 Å². The zero-order chi connectivity index (χ0) is 22.7. The van der Waals surface area contributed by atoms with E-state index >= 15 is 0 Å². The number of nitrogens with zero attached hydrogens (tertiary/aromatic N) is 2. The first-order valence-electron chi connectivity index (χ1n) is 10.7. The Morgan fingerprint density at radius 3 is 2.31 bits per heavy atom. The summed E-state index contributed by atoms with van der Waals surface area (Å²) in [5, 5.41) is 11.7. The number of rotatable bonds is 11. The summed E-state index contributed by atoms with van der Waals surface area (Å²) in [5.41, 5.74) is 2.35. The van der Waals surface area contributed by atoms with Gasteiger partial charge in [-0.25, -0.2) is 13.6 Å². The molecule has 0 amide bonds. The molecule has 9 heteroatoms. The first kappa shape index (κ1) is 28.3. The molecule has 0 fully saturated rings. The molecule has 2 aromatic rings. The highest BCUT2D eigenvalue weighted by Gasteiger charge is 2.10. The number of guanidine groups is 1. The zero-order valence-electron chi connectivity index (χ0n) is 19.1. The summed E-state index contributed by atoms with van der Waals surface area (Å²) in [6.07, 6.45) is 1.72. The van der Waals surface area contributed by atoms with E-state index in [4.69, 9.17) is 10.1 Å². The number of nitrogens with one attached hydrogen (secondary N) is 2. The van der Waals surface area contributed by atoms with E-state index in [0.717, 1.165) is 44.0 Å². The Labute approximate surface area is 210 Å². The Bertz CT molecular complexity index is 921. The topological polar surface area (TPSA) is 99.8 Å². The van der Waals surface area contributed by atoms with Crippen LogP contribution in [0.1, 0.15) is 31.4 Å². The van der Waals surface area contributed by atoms with Crippen molar-refractivity contribution in [1.29, 1.82) is 0 Å². The lowest BCUT2D eigenvalue weighted by Crippen LogP contribution is -2.38. The Balaban J connectivity index is 0.00000512. The summed E-state index contributed by atoms with van der Waals surface area (Å²) in [6, 6.07) is 17.6. The van der Waals surface area contributed by atoms with Crippen molar-refractivity contribution >= 4 is 40.0 Å². The molecule has 0 bridgehead atoms. The lowest BCUT2D eigenvalue weighted by Gasteiger charge is -2.24. The molecule has 0 radical (unpaired) electrons. The summed E-state index contributed by atoms with van der Waals surface area (Å²) in [4.78, 5) is 7.17. The van der Waals surface area contributed by atoms with E-state index in [1.54, 1.807) is 12.1 Å². The second-order valence-corrected chi connectivity index (χ2v) is 9.23. The van der Waals surface area contributed by atoms with Crippen LogP contribution < -0.4 is 15.8 Å². The van der Waals surface area contributed by atoms with Crippen molar-refractivity contribution in [3.05, 3.63) is 65.7 Å². The average molecular weight is 574 g/mol. The minimum Gasteiger partial charge on any atom is -0.357 e. The van der Waals surface area contributed by atoms with E-state index in [9.17, 15) is 8.42 Å². The van der Waals surface area contributed by atoms with Crippen LogP contribution in [-0.4, -0.2) is 52.0 Å². The second-order valence-electron chi connectivity index (χ2n) is 7.66. The van der Waals surface area contributed by atoms with Crippen molar-refractivity contribution < 1.29 is 8.42 Å². The third-order valence-corrected chi connectivity index (χ3v) is 6.08. The summed E-state index contributed by atoms with van der Waals surface area (Å²) < 4.78 is 22.7. The molecule has 2 rings (SSSR count). The van der Waals surface area contributed by atoms with Gasteiger partial charge in [0.2, 0.25) is 10.0 Å². The fourth-order valence-corrected chi connectivity index (χ4v) is 3.64. The van der Waals surface area contributed by atoms with Crippen molar-refractivity contribution in [2.45, 2.75) is 44.2 Å². The molecular formula is C23H36IN5O2S. The number of sulfonamides is 1. The standard InChI is InChI=1S/C23H35N5O2S.HI/c1-4-25-23(27-17-15-20-10-12-22(13-11-20)31(24,29)30)26-16-14-19(2)28(3)18-21-8-6-5-7-9-21;/h5-13,19H,4,14-18H2,1-3H3,(H2,24,29,30)(H2,25,26,27);1H. The first-order chi connectivity index (χ1) is 14.8. The van der Waals surface area contributed by atoms with Gasteiger partial charge in [-0.1, -0.05) is 42.5 Å². The molecule has 0 saturated carbocycles. The Kier molecular flexibility index (Phi) is 12.8. The SMILES string of the molecule is CCNC(=NCCC(C)N(C)Cc1ccccc1)NCCc1ccc(S(N)(=O)=O)cc1.I. The van der Waals surface area contributed by atoms with Crippen molar-refractivity contribution in [2.75, 3.05) is 26.7 Å². The highest BCUT2D eigenvalue weighted by molar-refractivity contribution is 14.0. The fraction of sp³-hybridized carbons (Fsp3) is 0.435. The van der Waals surface area contributed by atoms with E-state index in [1.807, 2.05) is 13.0 Å². The zero-order valence-corrected chi connectivity index (χ0v) is 22.3. The Hall–Kier alpha value is -1.69. The molecule has 7 nitrogen and oxygen atoms in total. The fourth-order valence-electron chi connectivity index (χ4n) is 3.12. The lowest BCUT2D eigenvalue weighted by atomic mass is 10.1. The Morgan fingerprint density at radius 1 is 1.06 bits per heavy atom. The molecule has 0 heterocycles. The summed E-state index contributed by atoms with van der Waals surface area (Å²) in [7, 11) is -1.51. The van der Waals surface area contributed by atoms with Crippen LogP contribution in [0.4, 0.5) is 0 Å². The van der Waals surface area contributed by atoms with E-state index < -0.39 is 10.0 Å². The van der Waals surface area contributed by atoms with Crippen LogP contribution in [0.15, 0.2) is 64.5 Å². The van der Waals surface area contributed by atoms with Crippen LogP contribution in [0.2, 0.25) is 0 Å². The maximum Gasteiger partial charge on any atom is 0.238 e. The largest absolute Gasteiger partial charge is 0.357 e. The minimum absolute atomic E-state index is 0. The number of hydrogen-bond acceptors (Lipinski definition) is 4. The van der Waals surface area contributed by atoms with Crippen LogP contribution in [-0.2, 0) is 23.0 Å². The molecular weight excluding hydrogens is 537 g/mol. The highest BCUT2D eigenvalue weighted by Crippen LogP contribution is 2.10. The molecule has 0 aliphatic heterocycles. The molecule has 0 aliphatic carbocycles. The summed E-state index contributed by atoms with van der Waals surface area (Å²) in [6.45, 7) is 7.42. The van der Waals surface area contributed by atoms with Crippen LogP contribution in [0, 0.1) is 0 Å². The second kappa shape index (κ2) is 14.5.